The van der Waals surface area contributed by atoms with Crippen molar-refractivity contribution in [2.24, 2.45) is 16.3 Å². The number of rotatable bonds is 3. The lowest BCUT2D eigenvalue weighted by Crippen LogP contribution is -2.47. The highest BCUT2D eigenvalue weighted by Gasteiger charge is 2.47. The lowest BCUT2D eigenvalue weighted by atomic mass is 9.68. The number of aliphatic imine (C=N–C) groups is 1. The summed E-state index contributed by atoms with van der Waals surface area (Å²) in [6.45, 7) is 6.36. The van der Waals surface area contributed by atoms with Gasteiger partial charge in [-0.1, -0.05) is 49.2 Å². The molecule has 4 rings (SSSR count). The van der Waals surface area contributed by atoms with E-state index in [1.54, 1.807) is 17.0 Å². The molecule has 1 aliphatic carbocycles. The van der Waals surface area contributed by atoms with Gasteiger partial charge in [0, 0.05) is 35.6 Å². The fraction of sp³-hybridized carbons (Fsp3) is 0.400. The molecule has 2 aromatic rings. The molecular formula is C25H27Cl2N3O2. The number of nitrogens with zero attached hydrogens (tertiary/aromatic N) is 2. The molecule has 7 heteroatoms. The Labute approximate surface area is 198 Å². The predicted octanol–water partition coefficient (Wildman–Crippen LogP) is 5.90. The van der Waals surface area contributed by atoms with E-state index in [-0.39, 0.29) is 17.1 Å². The van der Waals surface area contributed by atoms with E-state index < -0.39 is 12.0 Å². The van der Waals surface area contributed by atoms with Crippen molar-refractivity contribution >= 4 is 52.0 Å². The number of ketones is 1. The quantitative estimate of drug-likeness (QED) is 0.605. The molecule has 2 atom stereocenters. The van der Waals surface area contributed by atoms with Crippen LogP contribution in [0.3, 0.4) is 0 Å². The van der Waals surface area contributed by atoms with Crippen molar-refractivity contribution in [2.45, 2.75) is 46.2 Å². The van der Waals surface area contributed by atoms with Gasteiger partial charge in [0.2, 0.25) is 5.91 Å². The molecule has 1 N–H and O–H groups in total. The van der Waals surface area contributed by atoms with E-state index in [0.29, 0.717) is 46.4 Å². The first-order chi connectivity index (χ1) is 15.1. The minimum absolute atomic E-state index is 0.0746. The Morgan fingerprint density at radius 3 is 2.59 bits per heavy atom. The number of hydrogen-bond acceptors (Lipinski definition) is 4. The molecule has 5 nitrogen and oxygen atoms in total. The van der Waals surface area contributed by atoms with Crippen molar-refractivity contribution in [1.29, 1.82) is 0 Å². The Balaban J connectivity index is 2.00. The van der Waals surface area contributed by atoms with Crippen molar-refractivity contribution in [3.63, 3.8) is 0 Å². The lowest BCUT2D eigenvalue weighted by Gasteiger charge is -2.41. The third-order valence-electron chi connectivity index (χ3n) is 6.18. The molecule has 1 heterocycles. The number of carbonyl (C=O) groups excluding carboxylic acids is 2. The van der Waals surface area contributed by atoms with Crippen molar-refractivity contribution < 1.29 is 9.59 Å². The highest BCUT2D eigenvalue weighted by molar-refractivity contribution is 6.35. The van der Waals surface area contributed by atoms with Crippen LogP contribution < -0.4 is 10.2 Å². The van der Waals surface area contributed by atoms with Crippen LogP contribution in [0.4, 0.5) is 11.4 Å². The molecule has 32 heavy (non-hydrogen) atoms. The van der Waals surface area contributed by atoms with Gasteiger partial charge in [0.15, 0.2) is 0 Å². The number of anilines is 1. The van der Waals surface area contributed by atoms with Crippen LogP contribution in [0.2, 0.25) is 10.0 Å². The maximum Gasteiger partial charge on any atom is 0.224 e. The van der Waals surface area contributed by atoms with Crippen LogP contribution in [0, 0.1) is 11.3 Å². The largest absolute Gasteiger partial charge is 0.316 e. The number of amides is 1. The molecule has 1 amide bonds. The Morgan fingerprint density at radius 2 is 1.94 bits per heavy atom. The van der Waals surface area contributed by atoms with Crippen LogP contribution in [-0.4, -0.2) is 24.4 Å². The molecule has 168 valence electrons. The number of Topliss-reactive ketones (excluding diaryl/α,β-unsaturated/α-hetero) is 1. The SMILES string of the molecule is CNCc1ccc2c(c1)N=C1CC(C)(C)CC(=O)C1C(c1ccc(Cl)cc1Cl)N2C(C)=O. The molecular weight excluding hydrogens is 445 g/mol. The van der Waals surface area contributed by atoms with E-state index in [4.69, 9.17) is 28.2 Å². The first-order valence-corrected chi connectivity index (χ1v) is 11.5. The minimum atomic E-state index is -0.587. The first kappa shape index (κ1) is 23.0. The standard InChI is InChI=1S/C25H27Cl2N3O2/c1-14(31)30-21-8-5-15(13-28-4)9-19(21)29-20-11-25(2,3)12-22(32)23(20)24(30)17-7-6-16(26)10-18(17)27/h5-10,23-24,28H,11-13H2,1-4H3. The second-order valence-corrected chi connectivity index (χ2v) is 10.3. The van der Waals surface area contributed by atoms with Crippen molar-refractivity contribution in [3.05, 3.63) is 57.6 Å². The zero-order chi connectivity index (χ0) is 23.2. The molecule has 0 aromatic heterocycles. The van der Waals surface area contributed by atoms with Crippen LogP contribution in [-0.2, 0) is 16.1 Å². The fourth-order valence-corrected chi connectivity index (χ4v) is 5.47. The Hall–Kier alpha value is -2.21. The second-order valence-electron chi connectivity index (χ2n) is 9.42. The molecule has 2 unspecified atom stereocenters. The molecule has 1 aliphatic heterocycles. The monoisotopic (exact) mass is 471 g/mol. The van der Waals surface area contributed by atoms with Crippen molar-refractivity contribution in [1.82, 2.24) is 5.32 Å². The van der Waals surface area contributed by atoms with Gasteiger partial charge >= 0.3 is 0 Å². The number of hydrogen-bond donors (Lipinski definition) is 1. The lowest BCUT2D eigenvalue weighted by molar-refractivity contribution is -0.124. The number of benzene rings is 2. The zero-order valence-electron chi connectivity index (χ0n) is 18.7. The third kappa shape index (κ3) is 4.21. The number of carbonyl (C=O) groups is 2. The summed E-state index contributed by atoms with van der Waals surface area (Å²) < 4.78 is 0. The topological polar surface area (TPSA) is 61.8 Å². The zero-order valence-corrected chi connectivity index (χ0v) is 20.2. The summed E-state index contributed by atoms with van der Waals surface area (Å²) in [5.41, 5.74) is 3.74. The third-order valence-corrected chi connectivity index (χ3v) is 6.74. The maximum atomic E-state index is 13.5. The highest BCUT2D eigenvalue weighted by atomic mass is 35.5. The van der Waals surface area contributed by atoms with E-state index in [1.165, 1.54) is 6.92 Å². The first-order valence-electron chi connectivity index (χ1n) is 10.7. The average molecular weight is 472 g/mol. The van der Waals surface area contributed by atoms with Gasteiger partial charge in [0.25, 0.3) is 0 Å². The highest BCUT2D eigenvalue weighted by Crippen LogP contribution is 2.49. The van der Waals surface area contributed by atoms with Crippen LogP contribution in [0.5, 0.6) is 0 Å². The summed E-state index contributed by atoms with van der Waals surface area (Å²) in [4.78, 5) is 33.3. The van der Waals surface area contributed by atoms with Crippen LogP contribution in [0.15, 0.2) is 41.4 Å². The summed E-state index contributed by atoms with van der Waals surface area (Å²) in [6, 6.07) is 10.5. The van der Waals surface area contributed by atoms with Crippen LogP contribution >= 0.6 is 23.2 Å². The molecule has 0 bridgehead atoms. The van der Waals surface area contributed by atoms with Gasteiger partial charge < -0.3 is 10.2 Å². The number of halogens is 2. The second kappa shape index (κ2) is 8.62. The molecule has 1 fully saturated rings. The van der Waals surface area contributed by atoms with Crippen molar-refractivity contribution in [2.75, 3.05) is 11.9 Å². The predicted molar refractivity (Wildman–Crippen MR) is 130 cm³/mol. The van der Waals surface area contributed by atoms with Crippen molar-refractivity contribution in [3.8, 4) is 0 Å². The van der Waals surface area contributed by atoms with E-state index in [1.807, 2.05) is 31.3 Å². The average Bonchev–Trinajstić information content (AvgIpc) is 2.81. The fourth-order valence-electron chi connectivity index (χ4n) is 4.95. The normalized spacial score (nSPS) is 22.0. The van der Waals surface area contributed by atoms with Crippen LogP contribution in [0.1, 0.15) is 50.8 Å². The summed E-state index contributed by atoms with van der Waals surface area (Å²) >= 11 is 12.8. The van der Waals surface area contributed by atoms with Gasteiger partial charge in [-0.05, 0) is 54.3 Å². The molecule has 0 radical (unpaired) electrons. The summed E-state index contributed by atoms with van der Waals surface area (Å²) in [7, 11) is 1.89. The van der Waals surface area contributed by atoms with Gasteiger partial charge in [0.1, 0.15) is 5.78 Å². The van der Waals surface area contributed by atoms with Gasteiger partial charge in [-0.2, -0.15) is 0 Å². The summed E-state index contributed by atoms with van der Waals surface area (Å²) in [5.74, 6) is -0.658. The van der Waals surface area contributed by atoms with Gasteiger partial charge in [-0.25, -0.2) is 0 Å². The minimum Gasteiger partial charge on any atom is -0.316 e. The smallest absolute Gasteiger partial charge is 0.224 e. The van der Waals surface area contributed by atoms with Gasteiger partial charge in [-0.3, -0.25) is 14.6 Å². The summed E-state index contributed by atoms with van der Waals surface area (Å²) in [5, 5.41) is 4.09. The van der Waals surface area contributed by atoms with Crippen LogP contribution in [0.25, 0.3) is 0 Å². The molecule has 1 saturated carbocycles. The molecule has 0 saturated heterocycles. The molecule has 2 aliphatic rings. The van der Waals surface area contributed by atoms with E-state index in [9.17, 15) is 9.59 Å². The molecule has 0 spiro atoms. The van der Waals surface area contributed by atoms with E-state index in [0.717, 1.165) is 11.3 Å². The summed E-state index contributed by atoms with van der Waals surface area (Å²) in [6.07, 6.45) is 1.10. The van der Waals surface area contributed by atoms with Gasteiger partial charge in [-0.15, -0.1) is 0 Å². The Bertz CT molecular complexity index is 1130. The van der Waals surface area contributed by atoms with Gasteiger partial charge in [0.05, 0.1) is 23.3 Å². The Kier molecular flexibility index (Phi) is 6.19. The number of fused-ring (bicyclic) bond motifs is 2. The van der Waals surface area contributed by atoms with E-state index in [2.05, 4.69) is 19.2 Å². The maximum absolute atomic E-state index is 13.5. The number of nitrogens with one attached hydrogen (secondary N) is 1. The Morgan fingerprint density at radius 1 is 1.19 bits per heavy atom. The van der Waals surface area contributed by atoms with E-state index >= 15 is 0 Å². The molecule has 2 aromatic carbocycles.